The predicted octanol–water partition coefficient (Wildman–Crippen LogP) is 12.5. The van der Waals surface area contributed by atoms with Crippen molar-refractivity contribution in [2.45, 2.75) is 118 Å². The minimum Gasteiger partial charge on any atom is 0 e. The summed E-state index contributed by atoms with van der Waals surface area (Å²) in [4.78, 5) is 26.8. The first-order chi connectivity index (χ1) is 24.9. The molecule has 0 aliphatic carbocycles. The molecular weight excluding hydrogens is 907 g/mol. The molecule has 0 atom stereocenters. The van der Waals surface area contributed by atoms with E-state index in [0.29, 0.717) is 11.6 Å². The van der Waals surface area contributed by atoms with Crippen LogP contribution in [0.5, 0.6) is 0 Å². The Kier molecular flexibility index (Phi) is 13.5. The van der Waals surface area contributed by atoms with Crippen molar-refractivity contribution >= 4 is 67.2 Å². The maximum absolute atomic E-state index is 12.2. The number of allylic oxidation sites excluding steroid dienone is 2. The van der Waals surface area contributed by atoms with Gasteiger partial charge in [0, 0.05) is 42.7 Å². The van der Waals surface area contributed by atoms with E-state index in [1.807, 2.05) is 54.5 Å². The molecule has 6 nitrogen and oxygen atoms in total. The van der Waals surface area contributed by atoms with Gasteiger partial charge in [-0.05, 0) is 37.7 Å². The maximum Gasteiger partial charge on any atom is 0 e. The Hall–Kier alpha value is -3.39. The van der Waals surface area contributed by atoms with E-state index >= 15 is 0 Å². The second-order valence-corrected chi connectivity index (χ2v) is 27.2. The van der Waals surface area contributed by atoms with Gasteiger partial charge in [-0.1, -0.05) is 55.4 Å². The van der Waals surface area contributed by atoms with Crippen molar-refractivity contribution in [1.29, 1.82) is 0 Å². The van der Waals surface area contributed by atoms with Gasteiger partial charge in [0.1, 0.15) is 5.76 Å². The smallest absolute Gasteiger partial charge is 0 e. The van der Waals surface area contributed by atoms with Gasteiger partial charge in [0.15, 0.2) is 5.78 Å². The number of ketones is 1. The number of hydrogen-bond acceptors (Lipinski definition) is 6. The monoisotopic (exact) mass is 967 g/mol. The summed E-state index contributed by atoms with van der Waals surface area (Å²) >= 11 is -1.97. The Labute approximate surface area is 338 Å². The first-order valence-electron chi connectivity index (χ1n) is 19.3. The Morgan fingerprint density at radius 3 is 2.09 bits per heavy atom. The molecule has 6 rings (SSSR count). The number of benzene rings is 3. The number of aromatic nitrogens is 3. The van der Waals surface area contributed by atoms with Crippen LogP contribution in [-0.4, -0.2) is 39.1 Å². The van der Waals surface area contributed by atoms with E-state index in [2.05, 4.69) is 86.6 Å². The zero-order chi connectivity index (χ0) is 39.0. The summed E-state index contributed by atoms with van der Waals surface area (Å²) in [6.45, 7) is 20.5. The van der Waals surface area contributed by atoms with E-state index in [4.69, 9.17) is 19.4 Å². The van der Waals surface area contributed by atoms with Crippen molar-refractivity contribution in [2.75, 3.05) is 0 Å². The molecule has 289 valence electrons. The summed E-state index contributed by atoms with van der Waals surface area (Å²) in [6.07, 6.45) is 4.75. The molecular formula is C46H58GeIrN3O3-. The second-order valence-electron chi connectivity index (χ2n) is 16.6. The molecule has 0 bridgehead atoms. The molecule has 0 spiro atoms. The normalized spacial score (nSPS) is 12.7. The van der Waals surface area contributed by atoms with Crippen molar-refractivity contribution in [1.82, 2.24) is 15.0 Å². The molecule has 54 heavy (non-hydrogen) atoms. The molecule has 0 saturated carbocycles. The molecule has 3 aromatic heterocycles. The maximum atomic E-state index is 12.2. The number of furan rings is 1. The number of carbonyl (C=O) groups excluding carboxylic acids is 1. The van der Waals surface area contributed by atoms with Crippen LogP contribution in [-0.2, 0) is 24.9 Å². The molecule has 6 aromatic rings. The number of fused-ring (bicyclic) bond motifs is 6. The van der Waals surface area contributed by atoms with Gasteiger partial charge in [-0.25, -0.2) is 0 Å². The van der Waals surface area contributed by atoms with E-state index in [1.165, 1.54) is 26.8 Å². The predicted molar refractivity (Wildman–Crippen MR) is 226 cm³/mol. The Morgan fingerprint density at radius 1 is 0.870 bits per heavy atom. The molecule has 0 saturated heterocycles. The molecule has 3 heterocycles. The molecule has 0 aliphatic rings. The van der Waals surface area contributed by atoms with Gasteiger partial charge < -0.3 is 5.11 Å². The van der Waals surface area contributed by atoms with Crippen LogP contribution >= 0.6 is 0 Å². The fraction of sp³-hybridized carbons (Fsp3) is 0.435. The van der Waals surface area contributed by atoms with Crippen LogP contribution < -0.4 is 4.40 Å². The topological polar surface area (TPSA) is 89.1 Å². The second kappa shape index (κ2) is 16.8. The van der Waals surface area contributed by atoms with Gasteiger partial charge in [-0.15, -0.1) is 0 Å². The number of rotatable bonds is 10. The van der Waals surface area contributed by atoms with Crippen LogP contribution in [0.2, 0.25) is 17.3 Å². The summed E-state index contributed by atoms with van der Waals surface area (Å²) in [7, 11) is 0. The molecule has 0 aliphatic heterocycles. The van der Waals surface area contributed by atoms with Crippen LogP contribution in [0.4, 0.5) is 0 Å². The molecule has 0 unspecified atom stereocenters. The van der Waals surface area contributed by atoms with E-state index in [-0.39, 0.29) is 42.5 Å². The molecule has 3 aromatic carbocycles. The number of hydrogen-bond donors (Lipinski definition) is 1. The third kappa shape index (κ3) is 8.39. The summed E-state index contributed by atoms with van der Waals surface area (Å²) in [5, 5.41) is 15.6. The van der Waals surface area contributed by atoms with Crippen molar-refractivity contribution < 1.29 is 34.4 Å². The van der Waals surface area contributed by atoms with Crippen molar-refractivity contribution in [3.05, 3.63) is 83.5 Å². The van der Waals surface area contributed by atoms with Gasteiger partial charge in [0.05, 0.1) is 0 Å². The Balaban J connectivity index is 0.000000309. The van der Waals surface area contributed by atoms with Crippen LogP contribution in [0.1, 0.15) is 104 Å². The fourth-order valence-corrected chi connectivity index (χ4v) is 9.41. The third-order valence-electron chi connectivity index (χ3n) is 11.7. The van der Waals surface area contributed by atoms with Gasteiger partial charge >= 0.3 is 183 Å². The van der Waals surface area contributed by atoms with E-state index < -0.39 is 13.3 Å². The van der Waals surface area contributed by atoms with Gasteiger partial charge in [0.2, 0.25) is 0 Å². The molecule has 0 fully saturated rings. The van der Waals surface area contributed by atoms with Crippen LogP contribution in [0.15, 0.2) is 64.8 Å². The summed E-state index contributed by atoms with van der Waals surface area (Å²) in [5.41, 5.74) is 5.82. The average Bonchev–Trinajstić information content (AvgIpc) is 3.51. The summed E-state index contributed by atoms with van der Waals surface area (Å²) in [5.74, 6) is 8.68. The van der Waals surface area contributed by atoms with Crippen molar-refractivity contribution in [3.63, 3.8) is 0 Å². The number of nitrogens with zero attached hydrogens (tertiary/aromatic N) is 3. The summed E-state index contributed by atoms with van der Waals surface area (Å²) < 4.78 is 7.90. The summed E-state index contributed by atoms with van der Waals surface area (Å²) in [6, 6.07) is 20.8. The number of carbonyl (C=O) groups is 1. The van der Waals surface area contributed by atoms with E-state index in [1.54, 1.807) is 0 Å². The zero-order valence-corrected chi connectivity index (χ0v) is 39.0. The van der Waals surface area contributed by atoms with Crippen LogP contribution in [0.25, 0.3) is 55.0 Å². The number of aliphatic hydroxyl groups excluding tert-OH is 1. The molecule has 8 heteroatoms. The fourth-order valence-electron chi connectivity index (χ4n) is 6.81. The first kappa shape index (κ1) is 43.3. The number of aryl methyl sites for hydroxylation is 2. The van der Waals surface area contributed by atoms with Crippen LogP contribution in [0.3, 0.4) is 0 Å². The molecule has 0 amide bonds. The van der Waals surface area contributed by atoms with E-state index in [0.717, 1.165) is 75.7 Å². The average molecular weight is 966 g/mol. The van der Waals surface area contributed by atoms with Crippen molar-refractivity contribution in [2.24, 2.45) is 10.8 Å². The number of pyridine rings is 1. The quantitative estimate of drug-likeness (QED) is 0.0484. The molecule has 1 radical (unpaired) electrons. The van der Waals surface area contributed by atoms with Crippen molar-refractivity contribution in [3.8, 4) is 11.3 Å². The standard InChI is InChI=1S/C31H30GeN3O.C15H28O2.Ir/c1-17(2)26-14-13-23-22-9-8-10-25(30(22)36-31(23)35-26)28-24-12-11-20-16-21(32(5,6)7)15-18(3)27(20)29(24)34-19(4)33-28;1-7-14(5,8-2)12(16)11-13(17)15(6,9-3)10-4;/h8-9,11-17H,1-7H3;11,16H,7-10H2,1-6H3;/q-1;;/b;12-11-;. The minimum atomic E-state index is -1.97. The van der Waals surface area contributed by atoms with Gasteiger partial charge in [-0.2, -0.15) is 0 Å². The Bertz CT molecular complexity index is 2340. The van der Waals surface area contributed by atoms with Gasteiger partial charge in [0.25, 0.3) is 0 Å². The Morgan fingerprint density at radius 2 is 1.50 bits per heavy atom. The minimum absolute atomic E-state index is 0. The first-order valence-corrected chi connectivity index (χ1v) is 26.7. The largest absolute Gasteiger partial charge is 0 e. The molecule has 1 N–H and O–H groups in total. The van der Waals surface area contributed by atoms with Gasteiger partial charge in [-0.3, -0.25) is 4.79 Å². The van der Waals surface area contributed by atoms with Crippen LogP contribution in [0, 0.1) is 30.7 Å². The number of aliphatic hydroxyl groups is 1. The zero-order valence-electron chi connectivity index (χ0n) is 34.5. The van der Waals surface area contributed by atoms with E-state index in [9.17, 15) is 9.90 Å². The third-order valence-corrected chi connectivity index (χ3v) is 15.9. The SMILES string of the molecule is CCC(C)(CC)C(=O)/C=C(\O)C(C)(CC)CC.Cc1nc(-c2[c-]ccc3c2oc2nc(C(C)C)ccc23)c2ccc3c[c]([Ge]([CH3])([CH3])[CH3])cc(C)c3c2n1.[Ir].